The Balaban J connectivity index is 1.43. The maximum absolute atomic E-state index is 13.5. The van der Waals surface area contributed by atoms with E-state index in [4.69, 9.17) is 4.74 Å². The SMILES string of the molecule is COc1ccc(/C=C2\C[C@H]3[C@@H]4CC[C@H]5CCCC[C@]5(C)[C@H]4CC[C@]3(C)C2=O)cc1. The van der Waals surface area contributed by atoms with Crippen LogP contribution in [0, 0.1) is 34.5 Å². The standard InChI is InChI=1S/C27H36O2/c1-26-14-5-4-6-20(26)9-12-22-23(26)13-15-27(2)24(22)17-19(25(27)28)16-18-7-10-21(29-3)11-8-18/h7-8,10-11,16,20,22-24H,4-6,9,12-15,17H2,1-3H3/b19-16+/t20-,22-,23+,24+,26+,27+/m1/s1. The summed E-state index contributed by atoms with van der Waals surface area (Å²) < 4.78 is 5.28. The number of allylic oxidation sites excluding steroid dienone is 1. The highest BCUT2D eigenvalue weighted by molar-refractivity contribution is 6.05. The van der Waals surface area contributed by atoms with E-state index >= 15 is 0 Å². The lowest BCUT2D eigenvalue weighted by Gasteiger charge is -2.59. The van der Waals surface area contributed by atoms with Gasteiger partial charge < -0.3 is 4.74 Å². The van der Waals surface area contributed by atoms with Crippen LogP contribution in [0.1, 0.15) is 77.2 Å². The summed E-state index contributed by atoms with van der Waals surface area (Å²) in [5.41, 5.74) is 2.60. The number of rotatable bonds is 2. The fourth-order valence-corrected chi connectivity index (χ4v) is 8.00. The van der Waals surface area contributed by atoms with E-state index in [2.05, 4.69) is 32.1 Å². The van der Waals surface area contributed by atoms with Crippen LogP contribution >= 0.6 is 0 Å². The summed E-state index contributed by atoms with van der Waals surface area (Å²) in [4.78, 5) is 13.5. The summed E-state index contributed by atoms with van der Waals surface area (Å²) in [7, 11) is 1.69. The molecule has 0 unspecified atom stereocenters. The van der Waals surface area contributed by atoms with Crippen LogP contribution in [0.4, 0.5) is 0 Å². The normalized spacial score (nSPS) is 42.9. The summed E-state index contributed by atoms with van der Waals surface area (Å²) in [6, 6.07) is 8.12. The third-order valence-electron chi connectivity index (χ3n) is 9.68. The predicted molar refractivity (Wildman–Crippen MR) is 118 cm³/mol. The molecule has 4 aliphatic carbocycles. The summed E-state index contributed by atoms with van der Waals surface area (Å²) in [5.74, 6) is 4.39. The van der Waals surface area contributed by atoms with Gasteiger partial charge in [-0.25, -0.2) is 0 Å². The first-order chi connectivity index (χ1) is 14.0. The van der Waals surface area contributed by atoms with Crippen molar-refractivity contribution in [3.05, 3.63) is 35.4 Å². The molecule has 4 fully saturated rings. The summed E-state index contributed by atoms with van der Waals surface area (Å²) in [6.07, 6.45) is 14.0. The van der Waals surface area contributed by atoms with Crippen LogP contribution in [-0.4, -0.2) is 12.9 Å². The molecule has 156 valence electrons. The number of carbonyl (C=O) groups is 1. The van der Waals surface area contributed by atoms with Gasteiger partial charge in [0.05, 0.1) is 7.11 Å². The number of Topliss-reactive ketones (excluding diaryl/α,β-unsaturated/α-hetero) is 1. The van der Waals surface area contributed by atoms with Crippen LogP contribution in [0.25, 0.3) is 6.08 Å². The average Bonchev–Trinajstić information content (AvgIpc) is 2.99. The molecule has 4 saturated carbocycles. The lowest BCUT2D eigenvalue weighted by Crippen LogP contribution is -2.52. The Morgan fingerprint density at radius 3 is 2.52 bits per heavy atom. The molecule has 0 saturated heterocycles. The Morgan fingerprint density at radius 2 is 1.76 bits per heavy atom. The third kappa shape index (κ3) is 2.93. The minimum absolute atomic E-state index is 0.128. The molecule has 0 aliphatic heterocycles. The Labute approximate surface area is 176 Å². The van der Waals surface area contributed by atoms with Gasteiger partial charge in [-0.1, -0.05) is 38.8 Å². The van der Waals surface area contributed by atoms with E-state index in [1.807, 2.05) is 12.1 Å². The highest BCUT2D eigenvalue weighted by Gasteiger charge is 2.60. The third-order valence-corrected chi connectivity index (χ3v) is 9.68. The van der Waals surface area contributed by atoms with Crippen molar-refractivity contribution in [3.63, 3.8) is 0 Å². The van der Waals surface area contributed by atoms with E-state index in [9.17, 15) is 4.79 Å². The van der Waals surface area contributed by atoms with Gasteiger partial charge in [-0.2, -0.15) is 0 Å². The minimum atomic E-state index is -0.128. The van der Waals surface area contributed by atoms with Crippen molar-refractivity contribution in [2.45, 2.75) is 71.6 Å². The fourth-order valence-electron chi connectivity index (χ4n) is 8.00. The molecule has 0 bridgehead atoms. The summed E-state index contributed by atoms with van der Waals surface area (Å²) in [6.45, 7) is 4.90. The molecule has 0 N–H and O–H groups in total. The van der Waals surface area contributed by atoms with Gasteiger partial charge in [0.1, 0.15) is 5.75 Å². The lowest BCUT2D eigenvalue weighted by atomic mass is 9.45. The van der Waals surface area contributed by atoms with E-state index in [-0.39, 0.29) is 5.41 Å². The maximum Gasteiger partial charge on any atom is 0.165 e. The molecule has 1 aromatic carbocycles. The Hall–Kier alpha value is -1.57. The van der Waals surface area contributed by atoms with Crippen LogP contribution in [-0.2, 0) is 4.79 Å². The highest BCUT2D eigenvalue weighted by Crippen LogP contribution is 2.66. The van der Waals surface area contributed by atoms with Gasteiger partial charge in [-0.15, -0.1) is 0 Å². The Morgan fingerprint density at radius 1 is 0.966 bits per heavy atom. The Kier molecular flexibility index (Phi) is 4.68. The topological polar surface area (TPSA) is 26.3 Å². The first-order valence-electron chi connectivity index (χ1n) is 11.8. The second-order valence-electron chi connectivity index (χ2n) is 10.8. The second-order valence-corrected chi connectivity index (χ2v) is 10.8. The first-order valence-corrected chi connectivity index (χ1v) is 11.8. The number of ketones is 1. The zero-order valence-corrected chi connectivity index (χ0v) is 18.4. The van der Waals surface area contributed by atoms with E-state index in [0.29, 0.717) is 17.1 Å². The fraction of sp³-hybridized carbons (Fsp3) is 0.667. The van der Waals surface area contributed by atoms with Crippen molar-refractivity contribution in [2.24, 2.45) is 34.5 Å². The molecule has 2 nitrogen and oxygen atoms in total. The van der Waals surface area contributed by atoms with Gasteiger partial charge in [-0.3, -0.25) is 4.79 Å². The zero-order chi connectivity index (χ0) is 20.2. The van der Waals surface area contributed by atoms with Crippen molar-refractivity contribution < 1.29 is 9.53 Å². The maximum atomic E-state index is 13.5. The molecule has 6 atom stereocenters. The molecule has 0 spiro atoms. The zero-order valence-electron chi connectivity index (χ0n) is 18.4. The predicted octanol–water partition coefficient (Wildman–Crippen LogP) is 6.69. The molecule has 0 aromatic heterocycles. The van der Waals surface area contributed by atoms with Crippen LogP contribution < -0.4 is 4.74 Å². The molecule has 0 amide bonds. The van der Waals surface area contributed by atoms with Gasteiger partial charge in [0.15, 0.2) is 5.78 Å². The molecular formula is C27H36O2. The molecule has 29 heavy (non-hydrogen) atoms. The number of methoxy groups -OCH3 is 1. The van der Waals surface area contributed by atoms with Crippen LogP contribution in [0.5, 0.6) is 5.75 Å². The van der Waals surface area contributed by atoms with Crippen LogP contribution in [0.3, 0.4) is 0 Å². The molecular weight excluding hydrogens is 356 g/mol. The van der Waals surface area contributed by atoms with Gasteiger partial charge in [0.25, 0.3) is 0 Å². The van der Waals surface area contributed by atoms with Crippen LogP contribution in [0.2, 0.25) is 0 Å². The van der Waals surface area contributed by atoms with E-state index < -0.39 is 0 Å². The molecule has 4 aliphatic rings. The van der Waals surface area contributed by atoms with Crippen molar-refractivity contribution in [1.82, 2.24) is 0 Å². The molecule has 1 aromatic rings. The first kappa shape index (κ1) is 19.4. The van der Waals surface area contributed by atoms with Crippen molar-refractivity contribution in [2.75, 3.05) is 7.11 Å². The smallest absolute Gasteiger partial charge is 0.165 e. The van der Waals surface area contributed by atoms with Gasteiger partial charge in [-0.05, 0) is 103 Å². The molecule has 0 heterocycles. The van der Waals surface area contributed by atoms with E-state index in [0.717, 1.165) is 47.5 Å². The van der Waals surface area contributed by atoms with Gasteiger partial charge in [0, 0.05) is 5.41 Å². The van der Waals surface area contributed by atoms with Crippen molar-refractivity contribution in [3.8, 4) is 5.75 Å². The van der Waals surface area contributed by atoms with Crippen molar-refractivity contribution in [1.29, 1.82) is 0 Å². The second kappa shape index (κ2) is 7.00. The highest BCUT2D eigenvalue weighted by atomic mass is 16.5. The number of carbonyl (C=O) groups excluding carboxylic acids is 1. The largest absolute Gasteiger partial charge is 0.497 e. The van der Waals surface area contributed by atoms with Crippen LogP contribution in [0.15, 0.2) is 29.8 Å². The number of ether oxygens (including phenoxy) is 1. The lowest BCUT2D eigenvalue weighted by molar-refractivity contribution is -0.137. The Bertz CT molecular complexity index is 821. The minimum Gasteiger partial charge on any atom is -0.497 e. The average molecular weight is 393 g/mol. The molecule has 0 radical (unpaired) electrons. The summed E-state index contributed by atoms with van der Waals surface area (Å²) >= 11 is 0. The van der Waals surface area contributed by atoms with E-state index in [1.165, 1.54) is 44.9 Å². The summed E-state index contributed by atoms with van der Waals surface area (Å²) in [5, 5.41) is 0. The van der Waals surface area contributed by atoms with Gasteiger partial charge in [0.2, 0.25) is 0 Å². The van der Waals surface area contributed by atoms with Crippen molar-refractivity contribution >= 4 is 11.9 Å². The van der Waals surface area contributed by atoms with Gasteiger partial charge >= 0.3 is 0 Å². The quantitative estimate of drug-likeness (QED) is 0.524. The number of hydrogen-bond donors (Lipinski definition) is 0. The van der Waals surface area contributed by atoms with E-state index in [1.54, 1.807) is 7.11 Å². The molecule has 2 heteroatoms. The number of hydrogen-bond acceptors (Lipinski definition) is 2. The monoisotopic (exact) mass is 392 g/mol. The number of fused-ring (bicyclic) bond motifs is 5. The number of benzene rings is 1. The molecule has 5 rings (SSSR count).